The van der Waals surface area contributed by atoms with E-state index in [1.165, 1.54) is 12.3 Å². The molecule has 0 bridgehead atoms. The topological polar surface area (TPSA) is 114 Å². The number of carbonyl (C=O) groups is 1. The molecule has 10 heteroatoms. The molecule has 0 amide bonds. The van der Waals surface area contributed by atoms with E-state index in [0.29, 0.717) is 46.2 Å². The first kappa shape index (κ1) is 27.5. The second-order valence-corrected chi connectivity index (χ2v) is 10.7. The van der Waals surface area contributed by atoms with Crippen molar-refractivity contribution in [1.29, 1.82) is 5.26 Å². The Labute approximate surface area is 243 Å². The number of ether oxygens (including phenoxy) is 2. The Hall–Kier alpha value is -4.62. The zero-order valence-electron chi connectivity index (χ0n) is 23.8. The lowest BCUT2D eigenvalue weighted by Gasteiger charge is -2.21. The summed E-state index contributed by atoms with van der Waals surface area (Å²) in [5, 5.41) is 9.99. The highest BCUT2D eigenvalue weighted by molar-refractivity contribution is 5.90. The second-order valence-electron chi connectivity index (χ2n) is 10.7. The van der Waals surface area contributed by atoms with E-state index in [1.54, 1.807) is 24.7 Å². The largest absolute Gasteiger partial charge is 0.462 e. The Kier molecular flexibility index (Phi) is 7.68. The van der Waals surface area contributed by atoms with Gasteiger partial charge in [-0.25, -0.2) is 4.79 Å². The van der Waals surface area contributed by atoms with E-state index >= 15 is 0 Å². The zero-order chi connectivity index (χ0) is 29.2. The molecule has 4 aromatic rings. The molecule has 4 heterocycles. The van der Waals surface area contributed by atoms with Crippen molar-refractivity contribution in [3.05, 3.63) is 70.0 Å². The number of hydrogen-bond acceptors (Lipinski definition) is 9. The normalized spacial score (nSPS) is 16.7. The molecule has 0 aliphatic carbocycles. The molecule has 0 radical (unpaired) electrons. The van der Waals surface area contributed by atoms with Gasteiger partial charge in [-0.2, -0.15) is 10.2 Å². The highest BCUT2D eigenvalue weighted by atomic mass is 16.5. The maximum atomic E-state index is 13.2. The molecule has 6 rings (SSSR count). The van der Waals surface area contributed by atoms with Gasteiger partial charge >= 0.3 is 5.97 Å². The van der Waals surface area contributed by atoms with Gasteiger partial charge in [0.2, 0.25) is 0 Å². The second kappa shape index (κ2) is 11.7. The summed E-state index contributed by atoms with van der Waals surface area (Å²) in [6, 6.07) is 15.7. The minimum atomic E-state index is -0.689. The molecule has 2 saturated heterocycles. The average molecular weight is 568 g/mol. The van der Waals surface area contributed by atoms with Crippen molar-refractivity contribution in [3.8, 4) is 23.0 Å². The summed E-state index contributed by atoms with van der Waals surface area (Å²) in [6.07, 6.45) is 5.74. The number of pyridine rings is 1. The molecule has 42 heavy (non-hydrogen) atoms. The van der Waals surface area contributed by atoms with Crippen LogP contribution in [0.2, 0.25) is 0 Å². The van der Waals surface area contributed by atoms with Gasteiger partial charge in [-0.1, -0.05) is 6.07 Å². The number of nitrogens with zero attached hydrogens (tertiary/aromatic N) is 5. The minimum Gasteiger partial charge on any atom is -0.462 e. The quantitative estimate of drug-likeness (QED) is 0.274. The van der Waals surface area contributed by atoms with Crippen molar-refractivity contribution < 1.29 is 18.7 Å². The third-order valence-corrected chi connectivity index (χ3v) is 8.03. The van der Waals surface area contributed by atoms with Crippen molar-refractivity contribution in [2.24, 2.45) is 0 Å². The van der Waals surface area contributed by atoms with Gasteiger partial charge in [0.25, 0.3) is 6.01 Å². The number of methoxy groups -OCH3 is 1. The van der Waals surface area contributed by atoms with Gasteiger partial charge in [0.05, 0.1) is 36.2 Å². The summed E-state index contributed by atoms with van der Waals surface area (Å²) in [4.78, 5) is 34.9. The van der Waals surface area contributed by atoms with E-state index in [4.69, 9.17) is 18.9 Å². The van der Waals surface area contributed by atoms with Gasteiger partial charge in [-0.3, -0.25) is 4.79 Å². The Balaban J connectivity index is 1.46. The highest BCUT2D eigenvalue weighted by Gasteiger charge is 2.28. The molecule has 0 unspecified atom stereocenters. The van der Waals surface area contributed by atoms with Crippen molar-refractivity contribution >= 4 is 28.8 Å². The first-order chi connectivity index (χ1) is 20.5. The summed E-state index contributed by atoms with van der Waals surface area (Å²) in [6.45, 7) is 5.11. The summed E-state index contributed by atoms with van der Waals surface area (Å²) in [5.41, 5.74) is 4.06. The SMILES string of the molecule is CCOC(=O)c1cn(-c2ccc3nc(N4CCC[C@@H]4COC)oc3c2)c(-c2ccc(N3CCCC3)c(C#N)c2)cc1=O. The number of rotatable bonds is 8. The van der Waals surface area contributed by atoms with Crippen LogP contribution in [0.25, 0.3) is 28.0 Å². The number of anilines is 2. The van der Waals surface area contributed by atoms with Gasteiger partial charge in [-0.05, 0) is 56.9 Å². The summed E-state index contributed by atoms with van der Waals surface area (Å²) in [7, 11) is 1.70. The number of nitriles is 1. The molecule has 216 valence electrons. The van der Waals surface area contributed by atoms with Gasteiger partial charge in [0, 0.05) is 56.3 Å². The molecule has 0 saturated carbocycles. The van der Waals surface area contributed by atoms with Crippen LogP contribution in [0.4, 0.5) is 11.7 Å². The molecule has 2 aromatic heterocycles. The highest BCUT2D eigenvalue weighted by Crippen LogP contribution is 2.33. The number of carbonyl (C=O) groups excluding carboxylic acids is 1. The molecule has 2 aromatic carbocycles. The summed E-state index contributed by atoms with van der Waals surface area (Å²) in [5.74, 6) is -0.689. The predicted octanol–water partition coefficient (Wildman–Crippen LogP) is 4.91. The van der Waals surface area contributed by atoms with Gasteiger partial charge in [0.15, 0.2) is 11.0 Å². The molecule has 1 atom stereocenters. The van der Waals surface area contributed by atoms with Crippen molar-refractivity contribution in [1.82, 2.24) is 9.55 Å². The van der Waals surface area contributed by atoms with Crippen LogP contribution in [0, 0.1) is 11.3 Å². The number of hydrogen-bond donors (Lipinski definition) is 0. The van der Waals surface area contributed by atoms with Crippen LogP contribution in [0.15, 0.2) is 57.9 Å². The maximum Gasteiger partial charge on any atom is 0.343 e. The third kappa shape index (κ3) is 5.12. The molecule has 10 nitrogen and oxygen atoms in total. The van der Waals surface area contributed by atoms with Crippen LogP contribution in [-0.4, -0.2) is 61.5 Å². The molecular weight excluding hydrogens is 534 g/mol. The van der Waals surface area contributed by atoms with Crippen LogP contribution < -0.4 is 15.2 Å². The van der Waals surface area contributed by atoms with Crippen LogP contribution >= 0.6 is 0 Å². The van der Waals surface area contributed by atoms with Crippen LogP contribution in [0.1, 0.15) is 48.5 Å². The number of benzene rings is 2. The molecular formula is C32H33N5O5. The van der Waals surface area contributed by atoms with E-state index < -0.39 is 11.4 Å². The number of fused-ring (bicyclic) bond motifs is 1. The minimum absolute atomic E-state index is 0.0763. The van der Waals surface area contributed by atoms with Crippen molar-refractivity contribution in [2.45, 2.75) is 38.6 Å². The molecule has 2 aliphatic heterocycles. The zero-order valence-corrected chi connectivity index (χ0v) is 23.8. The van der Waals surface area contributed by atoms with Gasteiger partial charge in [0.1, 0.15) is 17.1 Å². The first-order valence-corrected chi connectivity index (χ1v) is 14.4. The van der Waals surface area contributed by atoms with Gasteiger partial charge in [-0.15, -0.1) is 0 Å². The fourth-order valence-corrected chi connectivity index (χ4v) is 5.98. The van der Waals surface area contributed by atoms with E-state index in [-0.39, 0.29) is 18.2 Å². The first-order valence-electron chi connectivity index (χ1n) is 14.4. The lowest BCUT2D eigenvalue weighted by molar-refractivity contribution is 0.0524. The standard InChI is InChI=1S/C32H33N5O5/c1-3-41-31(39)25-19-37(23-9-10-26-30(16-23)42-32(34-26)36-14-6-7-24(36)20-40-2)28(17-29(25)38)21-8-11-27(22(15-21)18-33)35-12-4-5-13-35/h8-11,15-17,19,24H,3-7,12-14,20H2,1-2H3/t24-/m1/s1. The number of oxazole rings is 1. The Morgan fingerprint density at radius 2 is 1.95 bits per heavy atom. The van der Waals surface area contributed by atoms with E-state index in [9.17, 15) is 14.9 Å². The van der Waals surface area contributed by atoms with E-state index in [2.05, 4.69) is 15.9 Å². The monoisotopic (exact) mass is 567 g/mol. The molecule has 0 spiro atoms. The van der Waals surface area contributed by atoms with E-state index in [1.807, 2.05) is 30.3 Å². The smallest absolute Gasteiger partial charge is 0.343 e. The maximum absolute atomic E-state index is 13.2. The van der Waals surface area contributed by atoms with E-state index in [0.717, 1.165) is 51.0 Å². The lowest BCUT2D eigenvalue weighted by atomic mass is 10.0. The number of esters is 1. The molecule has 2 aliphatic rings. The van der Waals surface area contributed by atoms with Crippen molar-refractivity contribution in [2.75, 3.05) is 49.8 Å². The Morgan fingerprint density at radius 1 is 1.12 bits per heavy atom. The van der Waals surface area contributed by atoms with Crippen molar-refractivity contribution in [3.63, 3.8) is 0 Å². The summed E-state index contributed by atoms with van der Waals surface area (Å²) >= 11 is 0. The van der Waals surface area contributed by atoms with Gasteiger partial charge < -0.3 is 28.3 Å². The fourth-order valence-electron chi connectivity index (χ4n) is 5.98. The summed E-state index contributed by atoms with van der Waals surface area (Å²) < 4.78 is 18.6. The Morgan fingerprint density at radius 3 is 2.71 bits per heavy atom. The van der Waals surface area contributed by atoms with Crippen LogP contribution in [0.3, 0.4) is 0 Å². The fraction of sp³-hybridized carbons (Fsp3) is 0.375. The molecule has 2 fully saturated rings. The predicted molar refractivity (Wildman–Crippen MR) is 159 cm³/mol. The Bertz CT molecular complexity index is 1730. The molecule has 0 N–H and O–H groups in total. The third-order valence-electron chi connectivity index (χ3n) is 8.03. The average Bonchev–Trinajstić information content (AvgIpc) is 3.78. The number of aromatic nitrogens is 2. The van der Waals surface area contributed by atoms with Crippen LogP contribution in [-0.2, 0) is 9.47 Å². The van der Waals surface area contributed by atoms with Crippen LogP contribution in [0.5, 0.6) is 0 Å². The lowest BCUT2D eigenvalue weighted by Crippen LogP contribution is -2.32.